The molecule has 1 aromatic heterocycles. The maximum atomic E-state index is 12.5. The van der Waals surface area contributed by atoms with Crippen LogP contribution in [0, 0.1) is 6.92 Å². The van der Waals surface area contributed by atoms with E-state index >= 15 is 0 Å². The third-order valence-corrected chi connectivity index (χ3v) is 5.38. The Morgan fingerprint density at radius 1 is 1.21 bits per heavy atom. The van der Waals surface area contributed by atoms with E-state index in [0.717, 1.165) is 33.3 Å². The Morgan fingerprint density at radius 3 is 2.67 bits per heavy atom. The molecule has 0 saturated heterocycles. The second-order valence-corrected chi connectivity index (χ2v) is 6.89. The molecule has 3 nitrogen and oxygen atoms in total. The first kappa shape index (κ1) is 16.7. The van der Waals surface area contributed by atoms with E-state index in [1.54, 1.807) is 0 Å². The predicted molar refractivity (Wildman–Crippen MR) is 102 cm³/mol. The van der Waals surface area contributed by atoms with Crippen molar-refractivity contribution in [1.29, 1.82) is 0 Å². The Kier molecular flexibility index (Phi) is 4.97. The van der Waals surface area contributed by atoms with Gasteiger partial charge in [-0.2, -0.15) is 5.10 Å². The molecule has 0 aliphatic carbocycles. The van der Waals surface area contributed by atoms with Gasteiger partial charge in [0.25, 0.3) is 5.91 Å². The standard InChI is InChI=1S/C19H17ClN2OS/c1-3-15(13-7-5-4-6-8-13)21-22-19(23)18-17(20)14-10-9-12(2)11-16(14)24-18/h4-11H,3H2,1-2H3,(H,22,23). The number of amides is 1. The normalized spacial score (nSPS) is 11.7. The summed E-state index contributed by atoms with van der Waals surface area (Å²) >= 11 is 7.76. The minimum Gasteiger partial charge on any atom is -0.266 e. The fourth-order valence-corrected chi connectivity index (χ4v) is 3.97. The van der Waals surface area contributed by atoms with Crippen molar-refractivity contribution in [2.45, 2.75) is 20.3 Å². The molecule has 0 fully saturated rings. The van der Waals surface area contributed by atoms with Crippen LogP contribution in [0.25, 0.3) is 10.1 Å². The number of aryl methyl sites for hydroxylation is 1. The van der Waals surface area contributed by atoms with E-state index in [-0.39, 0.29) is 5.91 Å². The lowest BCUT2D eigenvalue weighted by molar-refractivity contribution is 0.0959. The summed E-state index contributed by atoms with van der Waals surface area (Å²) in [6, 6.07) is 15.8. The number of hydrogen-bond donors (Lipinski definition) is 1. The fraction of sp³-hybridized carbons (Fsp3) is 0.158. The van der Waals surface area contributed by atoms with Crippen molar-refractivity contribution in [2.24, 2.45) is 5.10 Å². The molecule has 0 aliphatic rings. The highest BCUT2D eigenvalue weighted by Gasteiger charge is 2.17. The van der Waals surface area contributed by atoms with Crippen LogP contribution in [0.15, 0.2) is 53.6 Å². The predicted octanol–water partition coefficient (Wildman–Crippen LogP) is 5.41. The van der Waals surface area contributed by atoms with Gasteiger partial charge in [-0.3, -0.25) is 4.79 Å². The van der Waals surface area contributed by atoms with Crippen LogP contribution >= 0.6 is 22.9 Å². The molecule has 1 amide bonds. The SMILES string of the molecule is CCC(=NNC(=O)c1sc2cc(C)ccc2c1Cl)c1ccccc1. The van der Waals surface area contributed by atoms with Crippen molar-refractivity contribution in [3.8, 4) is 0 Å². The summed E-state index contributed by atoms with van der Waals surface area (Å²) in [5.74, 6) is -0.277. The lowest BCUT2D eigenvalue weighted by Crippen LogP contribution is -2.19. The molecule has 0 spiro atoms. The number of halogens is 1. The summed E-state index contributed by atoms with van der Waals surface area (Å²) in [6.07, 6.45) is 0.726. The van der Waals surface area contributed by atoms with Crippen molar-refractivity contribution >= 4 is 44.6 Å². The molecule has 0 bridgehead atoms. The number of carbonyl (C=O) groups excluding carboxylic acids is 1. The number of nitrogens with zero attached hydrogens (tertiary/aromatic N) is 1. The molecular weight excluding hydrogens is 340 g/mol. The molecule has 0 radical (unpaired) electrons. The maximum Gasteiger partial charge on any atom is 0.283 e. The number of thiophene rings is 1. The topological polar surface area (TPSA) is 41.5 Å². The van der Waals surface area contributed by atoms with E-state index in [2.05, 4.69) is 10.5 Å². The smallest absolute Gasteiger partial charge is 0.266 e. The molecule has 122 valence electrons. The Labute approximate surface area is 150 Å². The molecule has 3 rings (SSSR count). The molecule has 1 heterocycles. The van der Waals surface area contributed by atoms with Gasteiger partial charge in [0.15, 0.2) is 0 Å². The van der Waals surface area contributed by atoms with Gasteiger partial charge in [-0.25, -0.2) is 5.43 Å². The number of fused-ring (bicyclic) bond motifs is 1. The average Bonchev–Trinajstić information content (AvgIpc) is 2.92. The first-order chi connectivity index (χ1) is 11.6. The summed E-state index contributed by atoms with van der Waals surface area (Å²) in [6.45, 7) is 4.03. The minimum atomic E-state index is -0.277. The van der Waals surface area contributed by atoms with E-state index < -0.39 is 0 Å². The molecule has 2 aromatic carbocycles. The lowest BCUT2D eigenvalue weighted by atomic mass is 10.1. The third-order valence-electron chi connectivity index (χ3n) is 3.73. The van der Waals surface area contributed by atoms with Gasteiger partial charge in [0.05, 0.1) is 10.7 Å². The Balaban J connectivity index is 1.87. The van der Waals surface area contributed by atoms with E-state index in [1.165, 1.54) is 11.3 Å². The highest BCUT2D eigenvalue weighted by Crippen LogP contribution is 2.35. The van der Waals surface area contributed by atoms with Crippen LogP contribution in [0.2, 0.25) is 5.02 Å². The van der Waals surface area contributed by atoms with Crippen molar-refractivity contribution in [3.05, 3.63) is 69.6 Å². The molecular formula is C19H17ClN2OS. The van der Waals surface area contributed by atoms with Crippen molar-refractivity contribution < 1.29 is 4.79 Å². The molecule has 3 aromatic rings. The van der Waals surface area contributed by atoms with Gasteiger partial charge in [-0.05, 0) is 30.5 Å². The third kappa shape index (κ3) is 3.35. The number of rotatable bonds is 4. The lowest BCUT2D eigenvalue weighted by Gasteiger charge is -2.04. The average molecular weight is 357 g/mol. The monoisotopic (exact) mass is 356 g/mol. The highest BCUT2D eigenvalue weighted by molar-refractivity contribution is 7.21. The van der Waals surface area contributed by atoms with Gasteiger partial charge in [0.2, 0.25) is 0 Å². The van der Waals surface area contributed by atoms with Gasteiger partial charge in [0, 0.05) is 10.1 Å². The number of benzene rings is 2. The fourth-order valence-electron chi connectivity index (χ4n) is 2.47. The van der Waals surface area contributed by atoms with Crippen LogP contribution in [0.1, 0.15) is 34.1 Å². The molecule has 5 heteroatoms. The van der Waals surface area contributed by atoms with Gasteiger partial charge in [-0.15, -0.1) is 11.3 Å². The summed E-state index contributed by atoms with van der Waals surface area (Å²) in [4.78, 5) is 13.0. The number of hydrogen-bond acceptors (Lipinski definition) is 3. The van der Waals surface area contributed by atoms with E-state index in [0.29, 0.717) is 9.90 Å². The summed E-state index contributed by atoms with van der Waals surface area (Å²) in [5, 5.41) is 5.67. The van der Waals surface area contributed by atoms with Crippen LogP contribution in [0.5, 0.6) is 0 Å². The molecule has 24 heavy (non-hydrogen) atoms. The van der Waals surface area contributed by atoms with Crippen molar-refractivity contribution in [2.75, 3.05) is 0 Å². The zero-order valence-corrected chi connectivity index (χ0v) is 15.0. The Bertz CT molecular complexity index is 916. The van der Waals surface area contributed by atoms with Crippen LogP contribution in [-0.4, -0.2) is 11.6 Å². The molecule has 0 saturated carbocycles. The van der Waals surface area contributed by atoms with E-state index in [1.807, 2.05) is 62.4 Å². The van der Waals surface area contributed by atoms with Gasteiger partial charge >= 0.3 is 0 Å². The van der Waals surface area contributed by atoms with Crippen LogP contribution < -0.4 is 5.43 Å². The van der Waals surface area contributed by atoms with E-state index in [9.17, 15) is 4.79 Å². The highest BCUT2D eigenvalue weighted by atomic mass is 35.5. The first-order valence-corrected chi connectivity index (χ1v) is 8.90. The van der Waals surface area contributed by atoms with Crippen molar-refractivity contribution in [1.82, 2.24) is 5.43 Å². The zero-order valence-electron chi connectivity index (χ0n) is 13.5. The van der Waals surface area contributed by atoms with Crippen LogP contribution in [0.4, 0.5) is 0 Å². The summed E-state index contributed by atoms with van der Waals surface area (Å²) in [7, 11) is 0. The molecule has 0 atom stereocenters. The number of nitrogens with one attached hydrogen (secondary N) is 1. The number of hydrazone groups is 1. The summed E-state index contributed by atoms with van der Waals surface area (Å²) < 4.78 is 1.01. The first-order valence-electron chi connectivity index (χ1n) is 7.71. The molecule has 0 aliphatic heterocycles. The van der Waals surface area contributed by atoms with Gasteiger partial charge < -0.3 is 0 Å². The Hall–Kier alpha value is -2.17. The second-order valence-electron chi connectivity index (χ2n) is 5.46. The quantitative estimate of drug-likeness (QED) is 0.493. The van der Waals surface area contributed by atoms with Crippen molar-refractivity contribution in [3.63, 3.8) is 0 Å². The van der Waals surface area contributed by atoms with E-state index in [4.69, 9.17) is 11.6 Å². The van der Waals surface area contributed by atoms with Gasteiger partial charge in [0.1, 0.15) is 4.88 Å². The maximum absolute atomic E-state index is 12.5. The molecule has 0 unspecified atom stereocenters. The molecule has 1 N–H and O–H groups in total. The Morgan fingerprint density at radius 2 is 1.96 bits per heavy atom. The minimum absolute atomic E-state index is 0.277. The largest absolute Gasteiger partial charge is 0.283 e. The summed E-state index contributed by atoms with van der Waals surface area (Å²) in [5.41, 5.74) is 5.61. The van der Waals surface area contributed by atoms with Gasteiger partial charge in [-0.1, -0.05) is 61.0 Å². The number of carbonyl (C=O) groups is 1. The van der Waals surface area contributed by atoms with Crippen LogP contribution in [0.3, 0.4) is 0 Å². The van der Waals surface area contributed by atoms with Crippen LogP contribution in [-0.2, 0) is 0 Å². The zero-order chi connectivity index (χ0) is 17.1. The second kappa shape index (κ2) is 7.16.